The van der Waals surface area contributed by atoms with Crippen LogP contribution in [0, 0.1) is 0 Å². The van der Waals surface area contributed by atoms with E-state index in [1.807, 2.05) is 20.9 Å². The molecule has 0 aliphatic carbocycles. The van der Waals surface area contributed by atoms with Gasteiger partial charge < -0.3 is 15.5 Å². The van der Waals surface area contributed by atoms with Gasteiger partial charge in [-0.1, -0.05) is 0 Å². The molecule has 0 atom stereocenters. The number of carbonyl (C=O) groups excluding carboxylic acids is 1. The molecule has 1 saturated heterocycles. The van der Waals surface area contributed by atoms with Gasteiger partial charge in [-0.2, -0.15) is 0 Å². The van der Waals surface area contributed by atoms with Crippen molar-refractivity contribution in [2.24, 2.45) is 5.73 Å². The molecular formula is C12H25N3O. The lowest BCUT2D eigenvalue weighted by atomic mass is 10.0. The Hall–Kier alpha value is -0.610. The number of hydrogen-bond acceptors (Lipinski definition) is 3. The fourth-order valence-corrected chi connectivity index (χ4v) is 1.95. The monoisotopic (exact) mass is 227 g/mol. The molecule has 0 saturated carbocycles. The highest BCUT2D eigenvalue weighted by molar-refractivity contribution is 5.77. The normalized spacial score (nSPS) is 17.8. The smallest absolute Gasteiger partial charge is 0.224 e. The number of likely N-dealkylation sites (N-methyl/N-ethyl adjacent to an activating group) is 1. The Bertz CT molecular complexity index is 229. The Labute approximate surface area is 98.8 Å². The predicted molar refractivity (Wildman–Crippen MR) is 66.2 cm³/mol. The Morgan fingerprint density at radius 3 is 2.44 bits per heavy atom. The van der Waals surface area contributed by atoms with Crippen LogP contribution in [0.15, 0.2) is 0 Å². The summed E-state index contributed by atoms with van der Waals surface area (Å²) in [4.78, 5) is 16.0. The van der Waals surface area contributed by atoms with Crippen LogP contribution in [-0.4, -0.2) is 54.5 Å². The van der Waals surface area contributed by atoms with E-state index in [2.05, 4.69) is 4.90 Å². The van der Waals surface area contributed by atoms with Crippen molar-refractivity contribution in [2.75, 3.05) is 33.2 Å². The molecule has 1 rings (SSSR count). The minimum atomic E-state index is -0.404. The second kappa shape index (κ2) is 5.64. The zero-order valence-electron chi connectivity index (χ0n) is 10.8. The molecule has 1 aliphatic heterocycles. The first kappa shape index (κ1) is 13.5. The minimum absolute atomic E-state index is 0.145. The number of nitrogens with zero attached hydrogens (tertiary/aromatic N) is 2. The van der Waals surface area contributed by atoms with Gasteiger partial charge in [-0.25, -0.2) is 0 Å². The lowest BCUT2D eigenvalue weighted by molar-refractivity contribution is -0.131. The number of nitrogens with two attached hydrogens (primary N) is 1. The van der Waals surface area contributed by atoms with Gasteiger partial charge in [0.05, 0.1) is 0 Å². The van der Waals surface area contributed by atoms with E-state index >= 15 is 0 Å². The topological polar surface area (TPSA) is 49.6 Å². The standard InChI is InChI=1S/C12H25N3O/c1-12(2,13)10-11(16)14(3)8-9-15-6-4-5-7-15/h4-10,13H2,1-3H3. The van der Waals surface area contributed by atoms with Gasteiger partial charge in [0.1, 0.15) is 0 Å². The second-order valence-electron chi connectivity index (χ2n) is 5.53. The average molecular weight is 227 g/mol. The van der Waals surface area contributed by atoms with Crippen molar-refractivity contribution in [1.82, 2.24) is 9.80 Å². The highest BCUT2D eigenvalue weighted by atomic mass is 16.2. The van der Waals surface area contributed by atoms with Gasteiger partial charge in [-0.15, -0.1) is 0 Å². The molecule has 16 heavy (non-hydrogen) atoms. The van der Waals surface area contributed by atoms with Gasteiger partial charge in [-0.3, -0.25) is 4.79 Å². The van der Waals surface area contributed by atoms with Crippen LogP contribution < -0.4 is 5.73 Å². The van der Waals surface area contributed by atoms with Crippen molar-refractivity contribution in [3.8, 4) is 0 Å². The quantitative estimate of drug-likeness (QED) is 0.751. The van der Waals surface area contributed by atoms with Gasteiger partial charge in [0, 0.05) is 32.1 Å². The molecule has 1 amide bonds. The van der Waals surface area contributed by atoms with E-state index in [4.69, 9.17) is 5.73 Å². The molecule has 0 aromatic rings. The predicted octanol–water partition coefficient (Wildman–Crippen LogP) is 0.668. The molecule has 94 valence electrons. The average Bonchev–Trinajstić information content (AvgIpc) is 2.63. The largest absolute Gasteiger partial charge is 0.344 e. The van der Waals surface area contributed by atoms with Gasteiger partial charge >= 0.3 is 0 Å². The zero-order chi connectivity index (χ0) is 12.2. The molecule has 0 unspecified atom stereocenters. The summed E-state index contributed by atoms with van der Waals surface area (Å²) >= 11 is 0. The number of carbonyl (C=O) groups is 1. The highest BCUT2D eigenvalue weighted by Gasteiger charge is 2.20. The summed E-state index contributed by atoms with van der Waals surface area (Å²) in [7, 11) is 1.87. The lowest BCUT2D eigenvalue weighted by Crippen LogP contribution is -2.42. The molecule has 1 heterocycles. The summed E-state index contributed by atoms with van der Waals surface area (Å²) in [5.74, 6) is 0.145. The number of likely N-dealkylation sites (tertiary alicyclic amines) is 1. The summed E-state index contributed by atoms with van der Waals surface area (Å²) in [5.41, 5.74) is 5.43. The van der Waals surface area contributed by atoms with Crippen molar-refractivity contribution in [2.45, 2.75) is 38.6 Å². The van der Waals surface area contributed by atoms with E-state index < -0.39 is 5.54 Å². The summed E-state index contributed by atoms with van der Waals surface area (Å²) in [6.07, 6.45) is 3.02. The van der Waals surface area contributed by atoms with Crippen LogP contribution in [-0.2, 0) is 4.79 Å². The summed E-state index contributed by atoms with van der Waals surface area (Å²) in [6.45, 7) is 7.95. The summed E-state index contributed by atoms with van der Waals surface area (Å²) in [5, 5.41) is 0. The third-order valence-electron chi connectivity index (χ3n) is 2.98. The van der Waals surface area contributed by atoms with Gasteiger partial charge in [0.15, 0.2) is 0 Å². The third kappa shape index (κ3) is 4.94. The van der Waals surface area contributed by atoms with Crippen LogP contribution >= 0.6 is 0 Å². The first-order chi connectivity index (χ1) is 7.38. The SMILES string of the molecule is CN(CCN1CCCC1)C(=O)CC(C)(C)N. The molecule has 4 nitrogen and oxygen atoms in total. The molecule has 1 fully saturated rings. The Balaban J connectivity index is 2.23. The Morgan fingerprint density at radius 1 is 1.38 bits per heavy atom. The summed E-state index contributed by atoms with van der Waals surface area (Å²) < 4.78 is 0. The number of hydrogen-bond donors (Lipinski definition) is 1. The zero-order valence-corrected chi connectivity index (χ0v) is 10.8. The second-order valence-corrected chi connectivity index (χ2v) is 5.53. The molecule has 0 aromatic carbocycles. The van der Waals surface area contributed by atoms with Crippen LogP contribution in [0.2, 0.25) is 0 Å². The van der Waals surface area contributed by atoms with E-state index in [0.717, 1.165) is 13.1 Å². The van der Waals surface area contributed by atoms with Gasteiger partial charge in [0.25, 0.3) is 0 Å². The fourth-order valence-electron chi connectivity index (χ4n) is 1.95. The highest BCUT2D eigenvalue weighted by Crippen LogP contribution is 2.08. The van der Waals surface area contributed by atoms with E-state index in [1.54, 1.807) is 4.90 Å². The maximum Gasteiger partial charge on any atom is 0.224 e. The molecular weight excluding hydrogens is 202 g/mol. The third-order valence-corrected chi connectivity index (χ3v) is 2.98. The van der Waals surface area contributed by atoms with Crippen LogP contribution in [0.1, 0.15) is 33.1 Å². The van der Waals surface area contributed by atoms with Crippen LogP contribution in [0.5, 0.6) is 0 Å². The van der Waals surface area contributed by atoms with Gasteiger partial charge in [0.2, 0.25) is 5.91 Å². The van der Waals surface area contributed by atoms with Crippen molar-refractivity contribution in [3.05, 3.63) is 0 Å². The lowest BCUT2D eigenvalue weighted by Gasteiger charge is -2.25. The molecule has 4 heteroatoms. The fraction of sp³-hybridized carbons (Fsp3) is 0.917. The molecule has 0 spiro atoms. The maximum atomic E-state index is 11.8. The minimum Gasteiger partial charge on any atom is -0.344 e. The van der Waals surface area contributed by atoms with Crippen molar-refractivity contribution in [3.63, 3.8) is 0 Å². The molecule has 0 aromatic heterocycles. The Kier molecular flexibility index (Phi) is 4.74. The summed E-state index contributed by atoms with van der Waals surface area (Å²) in [6, 6.07) is 0. The number of amides is 1. The van der Waals surface area contributed by atoms with Crippen LogP contribution in [0.4, 0.5) is 0 Å². The van der Waals surface area contributed by atoms with Crippen molar-refractivity contribution in [1.29, 1.82) is 0 Å². The first-order valence-corrected chi connectivity index (χ1v) is 6.14. The van der Waals surface area contributed by atoms with E-state index in [1.165, 1.54) is 25.9 Å². The first-order valence-electron chi connectivity index (χ1n) is 6.14. The van der Waals surface area contributed by atoms with Crippen molar-refractivity contribution < 1.29 is 4.79 Å². The van der Waals surface area contributed by atoms with E-state index in [-0.39, 0.29) is 5.91 Å². The molecule has 1 aliphatic rings. The molecule has 0 bridgehead atoms. The van der Waals surface area contributed by atoms with Crippen molar-refractivity contribution >= 4 is 5.91 Å². The Morgan fingerprint density at radius 2 is 1.94 bits per heavy atom. The van der Waals surface area contributed by atoms with E-state index in [0.29, 0.717) is 6.42 Å². The molecule has 2 N–H and O–H groups in total. The van der Waals surface area contributed by atoms with Gasteiger partial charge in [-0.05, 0) is 39.8 Å². The van der Waals surface area contributed by atoms with E-state index in [9.17, 15) is 4.79 Å². The van der Waals surface area contributed by atoms with Crippen LogP contribution in [0.3, 0.4) is 0 Å². The maximum absolute atomic E-state index is 11.8. The molecule has 0 radical (unpaired) electrons. The van der Waals surface area contributed by atoms with Crippen LogP contribution in [0.25, 0.3) is 0 Å². The number of rotatable bonds is 5.